The fourth-order valence-corrected chi connectivity index (χ4v) is 5.89. The number of hydrogen-bond donors (Lipinski definition) is 1. The van der Waals surface area contributed by atoms with Gasteiger partial charge in [-0.05, 0) is 54.9 Å². The van der Waals surface area contributed by atoms with Crippen molar-refractivity contribution in [3.8, 4) is 11.1 Å². The number of rotatable bonds is 5. The minimum absolute atomic E-state index is 0.0992. The molecule has 1 aliphatic heterocycles. The Morgan fingerprint density at radius 2 is 1.58 bits per heavy atom. The molecule has 5 rings (SSSR count). The zero-order chi connectivity index (χ0) is 27.5. The third-order valence-electron chi connectivity index (χ3n) is 8.06. The van der Waals surface area contributed by atoms with Crippen LogP contribution in [-0.4, -0.2) is 69.9 Å². The Morgan fingerprint density at radius 1 is 1.03 bits per heavy atom. The third-order valence-corrected chi connectivity index (χ3v) is 8.06. The molecule has 2 aliphatic carbocycles. The van der Waals surface area contributed by atoms with Gasteiger partial charge in [-0.1, -0.05) is 62.4 Å². The van der Waals surface area contributed by atoms with Gasteiger partial charge < -0.3 is 19.5 Å². The predicted octanol–water partition coefficient (Wildman–Crippen LogP) is 5.50. The molecule has 1 N–H and O–H groups in total. The van der Waals surface area contributed by atoms with Crippen LogP contribution in [0.3, 0.4) is 0 Å². The SMILES string of the molecule is CC(C)(C)OC(=O)N1CCC(C(=O)O)(N(C(=O)OCC2c3ccccc3-c3ccccc32)[C@H]2CC2(C)C)C1. The van der Waals surface area contributed by atoms with E-state index in [9.17, 15) is 19.5 Å². The molecule has 0 radical (unpaired) electrons. The lowest BCUT2D eigenvalue weighted by Gasteiger charge is -2.38. The molecule has 0 bridgehead atoms. The topological polar surface area (TPSA) is 96.4 Å². The minimum Gasteiger partial charge on any atom is -0.479 e. The summed E-state index contributed by atoms with van der Waals surface area (Å²) in [7, 11) is 0. The van der Waals surface area contributed by atoms with E-state index in [0.29, 0.717) is 6.42 Å². The average Bonchev–Trinajstić information content (AvgIpc) is 3.19. The Morgan fingerprint density at radius 3 is 2.08 bits per heavy atom. The van der Waals surface area contributed by atoms with Crippen molar-refractivity contribution < 1.29 is 29.0 Å². The summed E-state index contributed by atoms with van der Waals surface area (Å²) in [4.78, 5) is 42.2. The molecule has 8 heteroatoms. The first-order valence-electron chi connectivity index (χ1n) is 13.2. The van der Waals surface area contributed by atoms with Crippen LogP contribution in [0.1, 0.15) is 64.5 Å². The van der Waals surface area contributed by atoms with E-state index in [1.54, 1.807) is 20.8 Å². The molecule has 0 spiro atoms. The third kappa shape index (κ3) is 4.50. The Labute approximate surface area is 223 Å². The highest BCUT2D eigenvalue weighted by molar-refractivity contribution is 5.87. The van der Waals surface area contributed by atoms with Gasteiger partial charge in [0.25, 0.3) is 0 Å². The van der Waals surface area contributed by atoms with Crippen molar-refractivity contribution in [1.82, 2.24) is 9.80 Å². The molecule has 2 fully saturated rings. The van der Waals surface area contributed by atoms with Crippen LogP contribution in [0.5, 0.6) is 0 Å². The highest BCUT2D eigenvalue weighted by Crippen LogP contribution is 2.52. The zero-order valence-electron chi connectivity index (χ0n) is 22.7. The summed E-state index contributed by atoms with van der Waals surface area (Å²) in [6.45, 7) is 9.45. The molecule has 2 atom stereocenters. The van der Waals surface area contributed by atoms with Crippen LogP contribution in [0.25, 0.3) is 11.1 Å². The van der Waals surface area contributed by atoms with Gasteiger partial charge in [-0.2, -0.15) is 0 Å². The summed E-state index contributed by atoms with van der Waals surface area (Å²) in [6, 6.07) is 15.9. The summed E-state index contributed by atoms with van der Waals surface area (Å²) >= 11 is 0. The highest BCUT2D eigenvalue weighted by atomic mass is 16.6. The number of likely N-dealkylation sites (tertiary alicyclic amines) is 1. The van der Waals surface area contributed by atoms with E-state index in [2.05, 4.69) is 12.1 Å². The smallest absolute Gasteiger partial charge is 0.411 e. The maximum Gasteiger partial charge on any atom is 0.411 e. The molecule has 0 aromatic heterocycles. The summed E-state index contributed by atoms with van der Waals surface area (Å²) in [6.07, 6.45) is -0.462. The number of nitrogens with zero attached hydrogens (tertiary/aromatic N) is 2. The van der Waals surface area contributed by atoms with E-state index in [4.69, 9.17) is 9.47 Å². The Bertz CT molecular complexity index is 1240. The number of benzene rings is 2. The summed E-state index contributed by atoms with van der Waals surface area (Å²) in [5, 5.41) is 10.5. The molecule has 1 saturated heterocycles. The summed E-state index contributed by atoms with van der Waals surface area (Å²) < 4.78 is 11.4. The molecule has 1 heterocycles. The van der Waals surface area contributed by atoms with Gasteiger partial charge >= 0.3 is 18.2 Å². The first-order valence-corrected chi connectivity index (χ1v) is 13.2. The number of hydrogen-bond acceptors (Lipinski definition) is 5. The molecule has 2 amide bonds. The van der Waals surface area contributed by atoms with E-state index in [0.717, 1.165) is 22.3 Å². The van der Waals surface area contributed by atoms with Gasteiger partial charge in [0.15, 0.2) is 5.54 Å². The molecule has 8 nitrogen and oxygen atoms in total. The molecule has 202 valence electrons. The Hall–Kier alpha value is -3.55. The lowest BCUT2D eigenvalue weighted by atomic mass is 9.95. The van der Waals surface area contributed by atoms with Crippen molar-refractivity contribution in [2.45, 2.75) is 70.6 Å². The van der Waals surface area contributed by atoms with Gasteiger partial charge in [0.2, 0.25) is 0 Å². The maximum absolute atomic E-state index is 13.8. The van der Waals surface area contributed by atoms with Crippen molar-refractivity contribution in [3.63, 3.8) is 0 Å². The number of fused-ring (bicyclic) bond motifs is 3. The number of carboxylic acid groups (broad SMARTS) is 1. The number of carboxylic acids is 1. The first-order chi connectivity index (χ1) is 17.8. The lowest BCUT2D eigenvalue weighted by Crippen LogP contribution is -2.60. The first kappa shape index (κ1) is 26.1. The number of aliphatic carboxylic acids is 1. The fraction of sp³-hybridized carbons (Fsp3) is 0.500. The van der Waals surface area contributed by atoms with Crippen molar-refractivity contribution in [2.75, 3.05) is 19.7 Å². The van der Waals surface area contributed by atoms with Gasteiger partial charge in [0, 0.05) is 24.9 Å². The number of ether oxygens (including phenoxy) is 2. The van der Waals surface area contributed by atoms with E-state index in [1.165, 1.54) is 9.80 Å². The second-order valence-corrected chi connectivity index (χ2v) is 12.4. The van der Waals surface area contributed by atoms with Gasteiger partial charge in [-0.25, -0.2) is 14.4 Å². The van der Waals surface area contributed by atoms with Crippen LogP contribution < -0.4 is 0 Å². The molecule has 1 saturated carbocycles. The molecule has 3 aliphatic rings. The number of carbonyl (C=O) groups excluding carboxylic acids is 2. The van der Waals surface area contributed by atoms with Gasteiger partial charge in [0.1, 0.15) is 12.2 Å². The molecule has 2 aromatic carbocycles. The van der Waals surface area contributed by atoms with Crippen LogP contribution >= 0.6 is 0 Å². The molecular formula is C30H36N2O6. The van der Waals surface area contributed by atoms with Crippen molar-refractivity contribution in [1.29, 1.82) is 0 Å². The molecule has 38 heavy (non-hydrogen) atoms. The van der Waals surface area contributed by atoms with Gasteiger partial charge in [-0.15, -0.1) is 0 Å². The Kier molecular flexibility index (Phi) is 6.20. The molecule has 2 aromatic rings. The molecular weight excluding hydrogens is 484 g/mol. The maximum atomic E-state index is 13.8. The second-order valence-electron chi connectivity index (χ2n) is 12.4. The van der Waals surface area contributed by atoms with E-state index in [-0.39, 0.29) is 43.5 Å². The van der Waals surface area contributed by atoms with Crippen LogP contribution in [0.15, 0.2) is 48.5 Å². The van der Waals surface area contributed by atoms with Crippen molar-refractivity contribution >= 4 is 18.2 Å². The molecule has 1 unspecified atom stereocenters. The number of amides is 2. The Balaban J connectivity index is 1.40. The highest BCUT2D eigenvalue weighted by Gasteiger charge is 2.63. The van der Waals surface area contributed by atoms with Crippen LogP contribution in [0.2, 0.25) is 0 Å². The zero-order valence-corrected chi connectivity index (χ0v) is 22.7. The normalized spacial score (nSPS) is 23.4. The van der Waals surface area contributed by atoms with Crippen molar-refractivity contribution in [2.24, 2.45) is 5.41 Å². The van der Waals surface area contributed by atoms with Gasteiger partial charge in [-0.3, -0.25) is 4.90 Å². The second kappa shape index (κ2) is 9.03. The average molecular weight is 521 g/mol. The standard InChI is InChI=1S/C30H36N2O6/c1-28(2,3)38-26(35)31-15-14-30(18-31,25(33)34)32(24-16-29(24,4)5)27(36)37-17-23-21-12-8-6-10-19(21)20-11-7-9-13-22(20)23/h6-13,23-24H,14-18H2,1-5H3,(H,33,34)/t24-,30?/m0/s1. The monoisotopic (exact) mass is 520 g/mol. The summed E-state index contributed by atoms with van der Waals surface area (Å²) in [5.41, 5.74) is 1.88. The number of carbonyl (C=O) groups is 3. The van der Waals surface area contributed by atoms with E-state index in [1.807, 2.05) is 50.2 Å². The van der Waals surface area contributed by atoms with Gasteiger partial charge in [0.05, 0.1) is 6.54 Å². The predicted molar refractivity (Wildman–Crippen MR) is 142 cm³/mol. The fourth-order valence-electron chi connectivity index (χ4n) is 5.89. The van der Waals surface area contributed by atoms with Crippen LogP contribution in [-0.2, 0) is 14.3 Å². The van der Waals surface area contributed by atoms with E-state index < -0.39 is 29.3 Å². The van der Waals surface area contributed by atoms with Crippen molar-refractivity contribution in [3.05, 3.63) is 59.7 Å². The van der Waals surface area contributed by atoms with Crippen LogP contribution in [0, 0.1) is 5.41 Å². The quantitative estimate of drug-likeness (QED) is 0.559. The van der Waals surface area contributed by atoms with Crippen LogP contribution in [0.4, 0.5) is 9.59 Å². The minimum atomic E-state index is -1.59. The van der Waals surface area contributed by atoms with E-state index >= 15 is 0 Å². The lowest BCUT2D eigenvalue weighted by molar-refractivity contribution is -0.150. The summed E-state index contributed by atoms with van der Waals surface area (Å²) in [5.74, 6) is -1.28. The largest absolute Gasteiger partial charge is 0.479 e.